The molecule has 3 rings (SSSR count). The highest BCUT2D eigenvalue weighted by atomic mass is 35.5. The lowest BCUT2D eigenvalue weighted by Gasteiger charge is -2.06. The van der Waals surface area contributed by atoms with Crippen LogP contribution in [-0.2, 0) is 7.05 Å². The number of hydrogen-bond donors (Lipinski definition) is 0. The van der Waals surface area contributed by atoms with Crippen LogP contribution in [0.25, 0.3) is 11.3 Å². The van der Waals surface area contributed by atoms with Gasteiger partial charge in [0.25, 0.3) is 0 Å². The molecule has 0 radical (unpaired) electrons. The summed E-state index contributed by atoms with van der Waals surface area (Å²) in [4.78, 5) is 5.59. The molecule has 22 heavy (non-hydrogen) atoms. The predicted octanol–water partition coefficient (Wildman–Crippen LogP) is 4.76. The van der Waals surface area contributed by atoms with E-state index in [1.807, 2.05) is 48.0 Å². The Labute approximate surface area is 138 Å². The third kappa shape index (κ3) is 3.01. The molecule has 0 bridgehead atoms. The number of aromatic nitrogens is 2. The molecule has 3 aromatic rings. The fourth-order valence-electron chi connectivity index (χ4n) is 2.05. The van der Waals surface area contributed by atoms with Crippen molar-refractivity contribution in [2.45, 2.75) is 9.92 Å². The summed E-state index contributed by atoms with van der Waals surface area (Å²) in [6, 6.07) is 17.3. The van der Waals surface area contributed by atoms with Crippen LogP contribution in [0.4, 0.5) is 0 Å². The Balaban J connectivity index is 1.96. The zero-order valence-electron chi connectivity index (χ0n) is 11.8. The standard InChI is InChI=1S/C17H12ClN3S/c1-21-11-20-16(13-4-2-12(10-19)3-5-13)17(21)22-15-8-6-14(18)7-9-15/h2-9,11H,1H3. The molecule has 0 saturated heterocycles. The molecular formula is C17H12ClN3S. The van der Waals surface area contributed by atoms with Crippen LogP contribution >= 0.6 is 23.4 Å². The van der Waals surface area contributed by atoms with Crippen LogP contribution in [0, 0.1) is 11.3 Å². The molecule has 3 nitrogen and oxygen atoms in total. The molecule has 1 heterocycles. The van der Waals surface area contributed by atoms with Crippen molar-refractivity contribution in [3.63, 3.8) is 0 Å². The second-order valence-electron chi connectivity index (χ2n) is 4.75. The predicted molar refractivity (Wildman–Crippen MR) is 88.9 cm³/mol. The SMILES string of the molecule is Cn1cnc(-c2ccc(C#N)cc2)c1Sc1ccc(Cl)cc1. The zero-order chi connectivity index (χ0) is 15.5. The van der Waals surface area contributed by atoms with Crippen LogP contribution in [0.3, 0.4) is 0 Å². The number of hydrogen-bond acceptors (Lipinski definition) is 3. The van der Waals surface area contributed by atoms with E-state index in [1.165, 1.54) is 0 Å². The van der Waals surface area contributed by atoms with Gasteiger partial charge in [0.05, 0.1) is 18.0 Å². The second-order valence-corrected chi connectivity index (χ2v) is 6.25. The Morgan fingerprint density at radius 3 is 2.41 bits per heavy atom. The van der Waals surface area contributed by atoms with Crippen LogP contribution in [0.1, 0.15) is 5.56 Å². The van der Waals surface area contributed by atoms with Crippen LogP contribution in [0.2, 0.25) is 5.02 Å². The summed E-state index contributed by atoms with van der Waals surface area (Å²) in [6.07, 6.45) is 1.80. The van der Waals surface area contributed by atoms with Gasteiger partial charge in [-0.05, 0) is 36.4 Å². The fraction of sp³-hybridized carbons (Fsp3) is 0.0588. The monoisotopic (exact) mass is 325 g/mol. The lowest BCUT2D eigenvalue weighted by Crippen LogP contribution is -1.89. The topological polar surface area (TPSA) is 41.6 Å². The maximum absolute atomic E-state index is 8.89. The van der Waals surface area contributed by atoms with E-state index in [0.717, 1.165) is 26.2 Å². The van der Waals surface area contributed by atoms with E-state index in [1.54, 1.807) is 30.2 Å². The molecule has 108 valence electrons. The van der Waals surface area contributed by atoms with E-state index in [-0.39, 0.29) is 0 Å². The van der Waals surface area contributed by atoms with Crippen LogP contribution in [-0.4, -0.2) is 9.55 Å². The highest BCUT2D eigenvalue weighted by Gasteiger charge is 2.12. The van der Waals surface area contributed by atoms with Crippen molar-refractivity contribution in [3.8, 4) is 17.3 Å². The molecule has 0 aliphatic rings. The number of halogens is 1. The molecular weight excluding hydrogens is 314 g/mol. The smallest absolute Gasteiger partial charge is 0.107 e. The van der Waals surface area contributed by atoms with Gasteiger partial charge in [0.2, 0.25) is 0 Å². The summed E-state index contributed by atoms with van der Waals surface area (Å²) >= 11 is 7.57. The third-order valence-corrected chi connectivity index (χ3v) is 4.63. The van der Waals surface area contributed by atoms with Crippen molar-refractivity contribution < 1.29 is 0 Å². The molecule has 1 aromatic heterocycles. The lowest BCUT2D eigenvalue weighted by atomic mass is 10.1. The first-order chi connectivity index (χ1) is 10.7. The summed E-state index contributed by atoms with van der Waals surface area (Å²) in [5, 5.41) is 10.7. The maximum Gasteiger partial charge on any atom is 0.107 e. The first kappa shape index (κ1) is 14.7. The number of benzene rings is 2. The van der Waals surface area contributed by atoms with E-state index < -0.39 is 0 Å². The van der Waals surface area contributed by atoms with Gasteiger partial charge in [-0.25, -0.2) is 4.98 Å². The number of aryl methyl sites for hydroxylation is 1. The first-order valence-electron chi connectivity index (χ1n) is 6.62. The van der Waals surface area contributed by atoms with E-state index in [4.69, 9.17) is 16.9 Å². The molecule has 0 unspecified atom stereocenters. The second kappa shape index (κ2) is 6.27. The third-order valence-electron chi connectivity index (χ3n) is 3.20. The van der Waals surface area contributed by atoms with Crippen molar-refractivity contribution in [1.82, 2.24) is 9.55 Å². The van der Waals surface area contributed by atoms with Crippen LogP contribution in [0.15, 0.2) is 64.8 Å². The van der Waals surface area contributed by atoms with Crippen molar-refractivity contribution in [3.05, 3.63) is 65.4 Å². The highest BCUT2D eigenvalue weighted by molar-refractivity contribution is 7.99. The summed E-state index contributed by atoms with van der Waals surface area (Å²) in [6.45, 7) is 0. The molecule has 5 heteroatoms. The fourth-order valence-corrected chi connectivity index (χ4v) is 3.13. The van der Waals surface area contributed by atoms with Gasteiger partial charge in [-0.15, -0.1) is 0 Å². The highest BCUT2D eigenvalue weighted by Crippen LogP contribution is 2.35. The van der Waals surface area contributed by atoms with Gasteiger partial charge in [-0.1, -0.05) is 35.5 Å². The first-order valence-corrected chi connectivity index (χ1v) is 7.82. The number of nitrogens with zero attached hydrogens (tertiary/aromatic N) is 3. The summed E-state index contributed by atoms with van der Waals surface area (Å²) in [5.74, 6) is 0. The lowest BCUT2D eigenvalue weighted by molar-refractivity contribution is 0.825. The number of nitriles is 1. The molecule has 0 spiro atoms. The molecule has 2 aromatic carbocycles. The summed E-state index contributed by atoms with van der Waals surface area (Å²) < 4.78 is 1.99. The largest absolute Gasteiger partial charge is 0.328 e. The van der Waals surface area contributed by atoms with Crippen molar-refractivity contribution in [2.75, 3.05) is 0 Å². The maximum atomic E-state index is 8.89. The zero-order valence-corrected chi connectivity index (χ0v) is 13.4. The van der Waals surface area contributed by atoms with Gasteiger partial charge in [0.1, 0.15) is 10.7 Å². The van der Waals surface area contributed by atoms with E-state index in [9.17, 15) is 0 Å². The Morgan fingerprint density at radius 2 is 1.77 bits per heavy atom. The van der Waals surface area contributed by atoms with Crippen LogP contribution in [0.5, 0.6) is 0 Å². The van der Waals surface area contributed by atoms with Crippen molar-refractivity contribution in [2.24, 2.45) is 7.05 Å². The minimum absolute atomic E-state index is 0.645. The minimum Gasteiger partial charge on any atom is -0.328 e. The van der Waals surface area contributed by atoms with Crippen molar-refractivity contribution in [1.29, 1.82) is 5.26 Å². The van der Waals surface area contributed by atoms with Gasteiger partial charge in [0, 0.05) is 22.5 Å². The number of imidazole rings is 1. The average Bonchev–Trinajstić information content (AvgIpc) is 2.91. The minimum atomic E-state index is 0.645. The van der Waals surface area contributed by atoms with Crippen molar-refractivity contribution >= 4 is 23.4 Å². The molecule has 0 fully saturated rings. The molecule has 0 atom stereocenters. The Kier molecular flexibility index (Phi) is 4.19. The Morgan fingerprint density at radius 1 is 1.09 bits per heavy atom. The quantitative estimate of drug-likeness (QED) is 0.697. The molecule has 0 amide bonds. The van der Waals surface area contributed by atoms with Gasteiger partial charge in [-0.3, -0.25) is 0 Å². The Bertz CT molecular complexity index is 830. The van der Waals surface area contributed by atoms with E-state index in [2.05, 4.69) is 11.1 Å². The van der Waals surface area contributed by atoms with E-state index >= 15 is 0 Å². The van der Waals surface area contributed by atoms with Gasteiger partial charge in [0.15, 0.2) is 0 Å². The average molecular weight is 326 g/mol. The summed E-state index contributed by atoms with van der Waals surface area (Å²) in [5.41, 5.74) is 2.55. The van der Waals surface area contributed by atoms with Gasteiger partial charge >= 0.3 is 0 Å². The summed E-state index contributed by atoms with van der Waals surface area (Å²) in [7, 11) is 1.97. The molecule has 0 saturated carbocycles. The molecule has 0 aliphatic carbocycles. The normalized spacial score (nSPS) is 10.4. The van der Waals surface area contributed by atoms with E-state index in [0.29, 0.717) is 5.56 Å². The van der Waals surface area contributed by atoms with Gasteiger partial charge in [-0.2, -0.15) is 5.26 Å². The van der Waals surface area contributed by atoms with Crippen LogP contribution < -0.4 is 0 Å². The van der Waals surface area contributed by atoms with Gasteiger partial charge < -0.3 is 4.57 Å². The molecule has 0 aliphatic heterocycles. The molecule has 0 N–H and O–H groups in total. The Hall–Kier alpha value is -2.22. The number of rotatable bonds is 3.